The molecule has 0 saturated heterocycles. The zero-order chi connectivity index (χ0) is 14.5. The molecule has 1 rings (SSSR count). The second-order valence-electron chi connectivity index (χ2n) is 5.88. The molecule has 2 nitrogen and oxygen atoms in total. The Labute approximate surface area is 125 Å². The van der Waals surface area contributed by atoms with Gasteiger partial charge in [-0.25, -0.2) is 0 Å². The Bertz CT molecular complexity index is 423. The number of halogens is 1. The molecule has 0 bridgehead atoms. The van der Waals surface area contributed by atoms with Crippen molar-refractivity contribution in [2.45, 2.75) is 46.6 Å². The maximum atomic E-state index is 12.4. The Kier molecular flexibility index (Phi) is 6.05. The molecule has 0 radical (unpaired) electrons. The number of alkyl halides is 1. The van der Waals surface area contributed by atoms with E-state index < -0.39 is 0 Å². The average molecular weight is 326 g/mol. The van der Waals surface area contributed by atoms with Gasteiger partial charge in [0.15, 0.2) is 0 Å². The fourth-order valence-corrected chi connectivity index (χ4v) is 2.57. The Morgan fingerprint density at radius 3 is 2.47 bits per heavy atom. The third-order valence-electron chi connectivity index (χ3n) is 3.39. The summed E-state index contributed by atoms with van der Waals surface area (Å²) in [6.45, 7) is 8.55. The minimum absolute atomic E-state index is 0.0401. The molecule has 0 spiro atoms. The van der Waals surface area contributed by atoms with Crippen molar-refractivity contribution in [1.29, 1.82) is 0 Å². The van der Waals surface area contributed by atoms with Gasteiger partial charge in [-0.2, -0.15) is 0 Å². The van der Waals surface area contributed by atoms with Crippen LogP contribution in [0.15, 0.2) is 24.3 Å². The van der Waals surface area contributed by atoms with E-state index >= 15 is 0 Å². The van der Waals surface area contributed by atoms with Crippen LogP contribution in [0.5, 0.6) is 0 Å². The number of hydrogen-bond donors (Lipinski definition) is 1. The van der Waals surface area contributed by atoms with Crippen LogP contribution in [0.3, 0.4) is 0 Å². The van der Waals surface area contributed by atoms with Gasteiger partial charge in [-0.1, -0.05) is 61.8 Å². The zero-order valence-corrected chi connectivity index (χ0v) is 13.9. The summed E-state index contributed by atoms with van der Waals surface area (Å²) in [6.07, 6.45) is 1.81. The first kappa shape index (κ1) is 16.2. The Morgan fingerprint density at radius 2 is 1.95 bits per heavy atom. The summed E-state index contributed by atoms with van der Waals surface area (Å²) in [7, 11) is 0. The van der Waals surface area contributed by atoms with Crippen LogP contribution in [-0.2, 0) is 6.42 Å². The lowest BCUT2D eigenvalue weighted by Crippen LogP contribution is -2.44. The molecule has 1 aromatic rings. The van der Waals surface area contributed by atoms with Crippen LogP contribution in [0, 0.1) is 5.41 Å². The lowest BCUT2D eigenvalue weighted by molar-refractivity contribution is 0.0900. The molecule has 1 N–H and O–H groups in total. The first-order chi connectivity index (χ1) is 8.90. The summed E-state index contributed by atoms with van der Waals surface area (Å²) >= 11 is 3.47. The van der Waals surface area contributed by atoms with E-state index in [1.54, 1.807) is 0 Å². The highest BCUT2D eigenvalue weighted by Crippen LogP contribution is 2.23. The van der Waals surface area contributed by atoms with E-state index in [1.807, 2.05) is 24.3 Å². The quantitative estimate of drug-likeness (QED) is 0.808. The van der Waals surface area contributed by atoms with E-state index in [4.69, 9.17) is 0 Å². The van der Waals surface area contributed by atoms with Gasteiger partial charge in [0.25, 0.3) is 5.91 Å². The number of carbonyl (C=O) groups excluding carboxylic acids is 1. The third kappa shape index (κ3) is 4.64. The SMILES string of the molecule is CCc1ccccc1C(=O)NC(CCBr)C(C)(C)C. The summed E-state index contributed by atoms with van der Waals surface area (Å²) < 4.78 is 0. The van der Waals surface area contributed by atoms with Crippen molar-refractivity contribution in [1.82, 2.24) is 5.32 Å². The molecule has 1 amide bonds. The number of nitrogens with one attached hydrogen (secondary N) is 1. The molecule has 0 heterocycles. The Morgan fingerprint density at radius 1 is 1.32 bits per heavy atom. The number of benzene rings is 1. The number of carbonyl (C=O) groups is 1. The average Bonchev–Trinajstić information content (AvgIpc) is 2.37. The van der Waals surface area contributed by atoms with E-state index in [9.17, 15) is 4.79 Å². The fraction of sp³-hybridized carbons (Fsp3) is 0.562. The van der Waals surface area contributed by atoms with Gasteiger partial charge in [0.1, 0.15) is 0 Å². The van der Waals surface area contributed by atoms with Crippen molar-refractivity contribution in [2.75, 3.05) is 5.33 Å². The molecule has 0 aliphatic heterocycles. The third-order valence-corrected chi connectivity index (χ3v) is 3.85. The maximum absolute atomic E-state index is 12.4. The van der Waals surface area contributed by atoms with Crippen LogP contribution in [0.25, 0.3) is 0 Å². The van der Waals surface area contributed by atoms with E-state index in [0.717, 1.165) is 29.3 Å². The zero-order valence-electron chi connectivity index (χ0n) is 12.3. The van der Waals surface area contributed by atoms with Crippen molar-refractivity contribution in [3.63, 3.8) is 0 Å². The van der Waals surface area contributed by atoms with Gasteiger partial charge < -0.3 is 5.32 Å². The first-order valence-electron chi connectivity index (χ1n) is 6.84. The number of aryl methyl sites for hydroxylation is 1. The van der Waals surface area contributed by atoms with Gasteiger partial charge in [-0.15, -0.1) is 0 Å². The molecule has 0 aliphatic rings. The van der Waals surface area contributed by atoms with Crippen molar-refractivity contribution in [3.05, 3.63) is 35.4 Å². The molecule has 1 unspecified atom stereocenters. The van der Waals surface area contributed by atoms with Gasteiger partial charge in [-0.05, 0) is 29.9 Å². The monoisotopic (exact) mass is 325 g/mol. The summed E-state index contributed by atoms with van der Waals surface area (Å²) in [5, 5.41) is 4.07. The standard InChI is InChI=1S/C16H24BrNO/c1-5-12-8-6-7-9-13(12)15(19)18-14(10-11-17)16(2,3)4/h6-9,14H,5,10-11H2,1-4H3,(H,18,19). The molecule has 0 aliphatic carbocycles. The molecule has 0 saturated carbocycles. The smallest absolute Gasteiger partial charge is 0.251 e. The van der Waals surface area contributed by atoms with Crippen LogP contribution in [0.4, 0.5) is 0 Å². The second kappa shape index (κ2) is 7.09. The number of amides is 1. The van der Waals surface area contributed by atoms with Gasteiger partial charge in [0.2, 0.25) is 0 Å². The molecule has 3 heteroatoms. The molecule has 0 aromatic heterocycles. The number of rotatable bonds is 5. The van der Waals surface area contributed by atoms with E-state index in [0.29, 0.717) is 0 Å². The molecule has 1 aromatic carbocycles. The van der Waals surface area contributed by atoms with Crippen molar-refractivity contribution >= 4 is 21.8 Å². The van der Waals surface area contributed by atoms with E-state index in [1.165, 1.54) is 0 Å². The maximum Gasteiger partial charge on any atom is 0.251 e. The predicted molar refractivity (Wildman–Crippen MR) is 84.9 cm³/mol. The highest BCUT2D eigenvalue weighted by molar-refractivity contribution is 9.09. The van der Waals surface area contributed by atoms with Gasteiger partial charge in [0, 0.05) is 16.9 Å². The summed E-state index contributed by atoms with van der Waals surface area (Å²) in [4.78, 5) is 12.4. The topological polar surface area (TPSA) is 29.1 Å². The summed E-state index contributed by atoms with van der Waals surface area (Å²) in [5.41, 5.74) is 1.96. The highest BCUT2D eigenvalue weighted by Gasteiger charge is 2.26. The summed E-state index contributed by atoms with van der Waals surface area (Å²) in [6, 6.07) is 8.00. The minimum Gasteiger partial charge on any atom is -0.349 e. The second-order valence-corrected chi connectivity index (χ2v) is 6.67. The first-order valence-corrected chi connectivity index (χ1v) is 7.97. The van der Waals surface area contributed by atoms with Crippen LogP contribution in [-0.4, -0.2) is 17.3 Å². The Balaban J connectivity index is 2.88. The molecule has 106 valence electrons. The van der Waals surface area contributed by atoms with Crippen LogP contribution < -0.4 is 5.32 Å². The van der Waals surface area contributed by atoms with Crippen LogP contribution in [0.1, 0.15) is 50.0 Å². The lowest BCUT2D eigenvalue weighted by Gasteiger charge is -2.31. The van der Waals surface area contributed by atoms with Crippen LogP contribution in [0.2, 0.25) is 0 Å². The Hall–Kier alpha value is -0.830. The lowest BCUT2D eigenvalue weighted by atomic mass is 9.85. The predicted octanol–water partition coefficient (Wildman–Crippen LogP) is 4.18. The highest BCUT2D eigenvalue weighted by atomic mass is 79.9. The van der Waals surface area contributed by atoms with Gasteiger partial charge in [0.05, 0.1) is 0 Å². The normalized spacial score (nSPS) is 13.1. The molecule has 1 atom stereocenters. The van der Waals surface area contributed by atoms with Gasteiger partial charge >= 0.3 is 0 Å². The van der Waals surface area contributed by atoms with Crippen LogP contribution >= 0.6 is 15.9 Å². The van der Waals surface area contributed by atoms with Crippen molar-refractivity contribution in [2.24, 2.45) is 5.41 Å². The summed E-state index contributed by atoms with van der Waals surface area (Å²) in [5.74, 6) is 0.0401. The molecular formula is C16H24BrNO. The van der Waals surface area contributed by atoms with Crippen molar-refractivity contribution < 1.29 is 4.79 Å². The minimum atomic E-state index is 0.0401. The van der Waals surface area contributed by atoms with E-state index in [-0.39, 0.29) is 17.4 Å². The van der Waals surface area contributed by atoms with E-state index in [2.05, 4.69) is 48.9 Å². The number of hydrogen-bond acceptors (Lipinski definition) is 1. The fourth-order valence-electron chi connectivity index (χ4n) is 2.12. The molecule has 0 fully saturated rings. The largest absolute Gasteiger partial charge is 0.349 e. The molecule has 19 heavy (non-hydrogen) atoms. The van der Waals surface area contributed by atoms with Gasteiger partial charge in [-0.3, -0.25) is 4.79 Å². The van der Waals surface area contributed by atoms with Crippen molar-refractivity contribution in [3.8, 4) is 0 Å². The molecular weight excluding hydrogens is 302 g/mol.